The number of amides is 2. The van der Waals surface area contributed by atoms with Gasteiger partial charge < -0.3 is 10.2 Å². The summed E-state index contributed by atoms with van der Waals surface area (Å²) in [6.07, 6.45) is 0.294. The van der Waals surface area contributed by atoms with Gasteiger partial charge in [0.05, 0.1) is 10.6 Å². The lowest BCUT2D eigenvalue weighted by molar-refractivity contribution is -0.140. The van der Waals surface area contributed by atoms with Crippen molar-refractivity contribution in [3.05, 3.63) is 92.9 Å². The Morgan fingerprint density at radius 2 is 1.61 bits per heavy atom. The number of carbonyl (C=O) groups is 2. The molecule has 0 aromatic heterocycles. The van der Waals surface area contributed by atoms with Gasteiger partial charge >= 0.3 is 0 Å². The molecule has 3 rings (SSSR count). The highest BCUT2D eigenvalue weighted by atomic mass is 35.5. The maximum atomic E-state index is 14.1. The third-order valence-electron chi connectivity index (χ3n) is 6.48. The van der Waals surface area contributed by atoms with E-state index < -0.39 is 28.5 Å². The molecule has 0 aliphatic heterocycles. The molecule has 1 unspecified atom stereocenters. The van der Waals surface area contributed by atoms with Crippen molar-refractivity contribution in [2.75, 3.05) is 17.4 Å². The van der Waals surface area contributed by atoms with Crippen molar-refractivity contribution >= 4 is 62.3 Å². The van der Waals surface area contributed by atoms with Crippen LogP contribution in [0.1, 0.15) is 38.3 Å². The van der Waals surface area contributed by atoms with E-state index in [4.69, 9.17) is 34.8 Å². The largest absolute Gasteiger partial charge is 0.354 e. The molecule has 1 atom stereocenters. The van der Waals surface area contributed by atoms with Crippen molar-refractivity contribution in [2.24, 2.45) is 5.92 Å². The Hall–Kier alpha value is -2.78. The standard InChI is InChI=1S/C30H34Cl3N3O4S/c1-5-28(30(38)34-17-20(2)3)35(18-22-12-13-23(31)15-27(22)33)29(37)19-36(24-14-11-21(4)26(32)16-24)41(39,40)25-9-7-6-8-10-25/h6-16,20,28H,5,17-19H2,1-4H3,(H,34,38). The zero-order valence-corrected chi connectivity index (χ0v) is 26.5. The number of nitrogens with one attached hydrogen (secondary N) is 1. The number of nitrogens with zero attached hydrogens (tertiary/aromatic N) is 2. The van der Waals surface area contributed by atoms with E-state index in [1.807, 2.05) is 13.8 Å². The molecule has 3 aromatic carbocycles. The summed E-state index contributed by atoms with van der Waals surface area (Å²) in [5, 5.41) is 4.00. The minimum absolute atomic E-state index is 0.0125. The summed E-state index contributed by atoms with van der Waals surface area (Å²) in [7, 11) is -4.19. The van der Waals surface area contributed by atoms with E-state index in [1.54, 1.807) is 62.4 Å². The number of anilines is 1. The van der Waals surface area contributed by atoms with Crippen molar-refractivity contribution in [1.29, 1.82) is 0 Å². The molecule has 220 valence electrons. The van der Waals surface area contributed by atoms with E-state index in [0.29, 0.717) is 33.6 Å². The van der Waals surface area contributed by atoms with Crippen LogP contribution < -0.4 is 9.62 Å². The van der Waals surface area contributed by atoms with Crippen LogP contribution in [-0.2, 0) is 26.2 Å². The van der Waals surface area contributed by atoms with Crippen molar-refractivity contribution in [3.63, 3.8) is 0 Å². The fraction of sp³-hybridized carbons (Fsp3) is 0.333. The van der Waals surface area contributed by atoms with Gasteiger partial charge in [0.25, 0.3) is 10.0 Å². The van der Waals surface area contributed by atoms with E-state index in [0.717, 1.165) is 9.87 Å². The Morgan fingerprint density at radius 1 is 0.927 bits per heavy atom. The third-order valence-corrected chi connectivity index (χ3v) is 9.26. The predicted molar refractivity (Wildman–Crippen MR) is 166 cm³/mol. The Morgan fingerprint density at radius 3 is 2.20 bits per heavy atom. The highest BCUT2D eigenvalue weighted by molar-refractivity contribution is 7.92. The van der Waals surface area contributed by atoms with Gasteiger partial charge in [-0.15, -0.1) is 0 Å². The third kappa shape index (κ3) is 8.38. The molecule has 0 radical (unpaired) electrons. The Kier molecular flexibility index (Phi) is 11.5. The van der Waals surface area contributed by atoms with Crippen molar-refractivity contribution in [3.8, 4) is 0 Å². The Balaban J connectivity index is 2.08. The molecule has 2 amide bonds. The van der Waals surface area contributed by atoms with Gasteiger partial charge in [0.15, 0.2) is 0 Å². The van der Waals surface area contributed by atoms with E-state index in [2.05, 4.69) is 5.32 Å². The van der Waals surface area contributed by atoms with Crippen molar-refractivity contribution < 1.29 is 18.0 Å². The smallest absolute Gasteiger partial charge is 0.264 e. The second kappa shape index (κ2) is 14.4. The highest BCUT2D eigenvalue weighted by Crippen LogP contribution is 2.29. The maximum absolute atomic E-state index is 14.1. The first-order valence-electron chi connectivity index (χ1n) is 13.2. The molecule has 11 heteroatoms. The van der Waals surface area contributed by atoms with E-state index in [9.17, 15) is 18.0 Å². The average Bonchev–Trinajstić information content (AvgIpc) is 2.93. The van der Waals surface area contributed by atoms with Crippen LogP contribution in [0.4, 0.5) is 5.69 Å². The fourth-order valence-electron chi connectivity index (χ4n) is 4.16. The Labute approximate surface area is 257 Å². The monoisotopic (exact) mass is 637 g/mol. The van der Waals surface area contributed by atoms with Crippen LogP contribution in [0.5, 0.6) is 0 Å². The summed E-state index contributed by atoms with van der Waals surface area (Å²) in [6.45, 7) is 7.35. The molecular weight excluding hydrogens is 605 g/mol. The molecule has 0 saturated heterocycles. The second-order valence-corrected chi connectivity index (χ2v) is 13.2. The van der Waals surface area contributed by atoms with Crippen LogP contribution >= 0.6 is 34.8 Å². The van der Waals surface area contributed by atoms with Gasteiger partial charge in [-0.3, -0.25) is 13.9 Å². The molecule has 0 aliphatic carbocycles. The summed E-state index contributed by atoms with van der Waals surface area (Å²) < 4.78 is 28.8. The van der Waals surface area contributed by atoms with Gasteiger partial charge in [-0.1, -0.05) is 85.9 Å². The minimum atomic E-state index is -4.19. The molecule has 0 aliphatic rings. The van der Waals surface area contributed by atoms with Gasteiger partial charge in [0.1, 0.15) is 12.6 Å². The quantitative estimate of drug-likeness (QED) is 0.238. The molecular formula is C30H34Cl3N3O4S. The number of hydrogen-bond donors (Lipinski definition) is 1. The van der Waals surface area contributed by atoms with Gasteiger partial charge in [-0.25, -0.2) is 8.42 Å². The zero-order valence-electron chi connectivity index (χ0n) is 23.4. The lowest BCUT2D eigenvalue weighted by Crippen LogP contribution is -2.52. The molecule has 0 fully saturated rings. The van der Waals surface area contributed by atoms with Gasteiger partial charge in [0, 0.05) is 28.2 Å². The molecule has 0 saturated carbocycles. The molecule has 7 nitrogen and oxygen atoms in total. The van der Waals surface area contributed by atoms with Gasteiger partial charge in [0.2, 0.25) is 11.8 Å². The van der Waals surface area contributed by atoms with Crippen LogP contribution in [0.3, 0.4) is 0 Å². The van der Waals surface area contributed by atoms with Crippen molar-refractivity contribution in [2.45, 2.75) is 51.6 Å². The molecule has 41 heavy (non-hydrogen) atoms. The van der Waals surface area contributed by atoms with Gasteiger partial charge in [-0.2, -0.15) is 0 Å². The summed E-state index contributed by atoms with van der Waals surface area (Å²) in [6, 6.07) is 16.6. The first-order chi connectivity index (χ1) is 19.3. The normalized spacial score (nSPS) is 12.2. The number of benzene rings is 3. The van der Waals surface area contributed by atoms with E-state index >= 15 is 0 Å². The number of hydrogen-bond acceptors (Lipinski definition) is 4. The van der Waals surface area contributed by atoms with E-state index in [1.165, 1.54) is 23.1 Å². The number of sulfonamides is 1. The van der Waals surface area contributed by atoms with Crippen LogP contribution in [0.15, 0.2) is 71.6 Å². The maximum Gasteiger partial charge on any atom is 0.264 e. The number of carbonyl (C=O) groups excluding carboxylic acids is 2. The average molecular weight is 639 g/mol. The van der Waals surface area contributed by atoms with Crippen molar-refractivity contribution in [1.82, 2.24) is 10.2 Å². The molecule has 0 bridgehead atoms. The molecule has 0 heterocycles. The second-order valence-electron chi connectivity index (χ2n) is 10.1. The van der Waals surface area contributed by atoms with Crippen LogP contribution in [0.2, 0.25) is 15.1 Å². The number of aryl methyl sites for hydroxylation is 1. The first-order valence-corrected chi connectivity index (χ1v) is 15.8. The number of rotatable bonds is 12. The lowest BCUT2D eigenvalue weighted by Gasteiger charge is -2.33. The Bertz CT molecular complexity index is 1480. The molecule has 3 aromatic rings. The summed E-state index contributed by atoms with van der Waals surface area (Å²) >= 11 is 18.9. The molecule has 1 N–H and O–H groups in total. The van der Waals surface area contributed by atoms with E-state index in [-0.39, 0.29) is 29.0 Å². The molecule has 0 spiro atoms. The minimum Gasteiger partial charge on any atom is -0.354 e. The summed E-state index contributed by atoms with van der Waals surface area (Å²) in [5.74, 6) is -0.724. The lowest BCUT2D eigenvalue weighted by atomic mass is 10.1. The predicted octanol–water partition coefficient (Wildman–Crippen LogP) is 6.73. The summed E-state index contributed by atoms with van der Waals surface area (Å²) in [4.78, 5) is 28.8. The highest BCUT2D eigenvalue weighted by Gasteiger charge is 2.34. The van der Waals surface area contributed by atoms with Crippen LogP contribution in [-0.4, -0.2) is 44.3 Å². The topological polar surface area (TPSA) is 86.8 Å². The SMILES string of the molecule is CCC(C(=O)NCC(C)C)N(Cc1ccc(Cl)cc1Cl)C(=O)CN(c1ccc(C)c(Cl)c1)S(=O)(=O)c1ccccc1. The van der Waals surface area contributed by atoms with Gasteiger partial charge in [-0.05, 0) is 66.8 Å². The fourth-order valence-corrected chi connectivity index (χ4v) is 6.23. The number of halogens is 3. The van der Waals surface area contributed by atoms with Crippen LogP contribution in [0.25, 0.3) is 0 Å². The summed E-state index contributed by atoms with van der Waals surface area (Å²) in [5.41, 5.74) is 1.54. The van der Waals surface area contributed by atoms with Crippen LogP contribution in [0, 0.1) is 12.8 Å². The first kappa shape index (κ1) is 32.7. The zero-order chi connectivity index (χ0) is 30.3.